The lowest BCUT2D eigenvalue weighted by Gasteiger charge is -2.09. The third-order valence-electron chi connectivity index (χ3n) is 3.26. The Bertz CT molecular complexity index is 905. The molecule has 2 aromatic carbocycles. The number of halogens is 3. The Labute approximate surface area is 134 Å². The monoisotopic (exact) mass is 333 g/mol. The van der Waals surface area contributed by atoms with Crippen LogP contribution >= 0.6 is 0 Å². The van der Waals surface area contributed by atoms with Gasteiger partial charge in [-0.15, -0.1) is 0 Å². The van der Waals surface area contributed by atoms with E-state index < -0.39 is 29.0 Å². The molecule has 24 heavy (non-hydrogen) atoms. The van der Waals surface area contributed by atoms with Crippen molar-refractivity contribution in [2.75, 3.05) is 0 Å². The van der Waals surface area contributed by atoms with Crippen LogP contribution in [-0.4, -0.2) is 22.8 Å². The molecule has 0 saturated carbocycles. The fourth-order valence-electron chi connectivity index (χ4n) is 2.30. The molecule has 0 radical (unpaired) electrons. The van der Waals surface area contributed by atoms with Gasteiger partial charge in [0.1, 0.15) is 24.2 Å². The van der Waals surface area contributed by atoms with E-state index in [0.717, 1.165) is 0 Å². The zero-order valence-corrected chi connectivity index (χ0v) is 12.1. The van der Waals surface area contributed by atoms with E-state index in [0.29, 0.717) is 17.6 Å². The molecule has 0 aliphatic heterocycles. The number of aromatic nitrogens is 1. The van der Waals surface area contributed by atoms with Gasteiger partial charge in [0.05, 0.1) is 16.6 Å². The predicted octanol–water partition coefficient (Wildman–Crippen LogP) is 3.83. The van der Waals surface area contributed by atoms with Crippen LogP contribution in [0.3, 0.4) is 0 Å². The standard InChI is InChI=1S/C16H8F3NO2.CH2O/c17-9-6-12(18)15(13(19)7-9)10-3-4-20-14-2-1-8(16(21)22)5-11(10)14;1-2/h1-7H,(H,21,22);1H2. The largest absolute Gasteiger partial charge is 0.478 e. The average Bonchev–Trinajstić information content (AvgIpc) is 2.55. The van der Waals surface area contributed by atoms with Crippen molar-refractivity contribution in [3.63, 3.8) is 0 Å². The maximum Gasteiger partial charge on any atom is 0.335 e. The highest BCUT2D eigenvalue weighted by atomic mass is 19.1. The summed E-state index contributed by atoms with van der Waals surface area (Å²) in [5.74, 6) is -4.32. The van der Waals surface area contributed by atoms with Crippen molar-refractivity contribution in [3.05, 3.63) is 65.6 Å². The number of aromatic carboxylic acids is 1. The Balaban J connectivity index is 0.00000100. The molecule has 0 unspecified atom stereocenters. The first-order chi connectivity index (χ1) is 11.5. The molecule has 3 aromatic rings. The fourth-order valence-corrected chi connectivity index (χ4v) is 2.30. The second-order valence-electron chi connectivity index (χ2n) is 4.64. The van der Waals surface area contributed by atoms with Crippen molar-refractivity contribution < 1.29 is 27.9 Å². The molecule has 0 amide bonds. The van der Waals surface area contributed by atoms with Gasteiger partial charge < -0.3 is 9.90 Å². The molecule has 7 heteroatoms. The van der Waals surface area contributed by atoms with Crippen LogP contribution in [0.4, 0.5) is 13.2 Å². The first kappa shape index (κ1) is 17.1. The van der Waals surface area contributed by atoms with Crippen LogP contribution in [-0.2, 0) is 4.79 Å². The van der Waals surface area contributed by atoms with Gasteiger partial charge in [-0.2, -0.15) is 0 Å². The summed E-state index contributed by atoms with van der Waals surface area (Å²) in [6.45, 7) is 2.00. The summed E-state index contributed by atoms with van der Waals surface area (Å²) in [4.78, 5) is 23.1. The normalized spacial score (nSPS) is 10.1. The molecule has 4 nitrogen and oxygen atoms in total. The van der Waals surface area contributed by atoms with Crippen molar-refractivity contribution in [1.82, 2.24) is 4.98 Å². The number of pyridine rings is 1. The van der Waals surface area contributed by atoms with E-state index >= 15 is 0 Å². The zero-order chi connectivity index (χ0) is 17.9. The summed E-state index contributed by atoms with van der Waals surface area (Å²) in [5.41, 5.74) is 0.0368. The molecule has 1 heterocycles. The summed E-state index contributed by atoms with van der Waals surface area (Å²) in [7, 11) is 0. The van der Waals surface area contributed by atoms with Crippen LogP contribution in [0.5, 0.6) is 0 Å². The molecule has 3 rings (SSSR count). The van der Waals surface area contributed by atoms with Crippen LogP contribution in [0.1, 0.15) is 10.4 Å². The molecular formula is C17H10F3NO3. The molecule has 0 spiro atoms. The minimum Gasteiger partial charge on any atom is -0.478 e. The first-order valence-electron chi connectivity index (χ1n) is 6.53. The summed E-state index contributed by atoms with van der Waals surface area (Å²) in [6.07, 6.45) is 1.35. The van der Waals surface area contributed by atoms with E-state index in [2.05, 4.69) is 4.98 Å². The van der Waals surface area contributed by atoms with E-state index in [1.54, 1.807) is 0 Å². The smallest absolute Gasteiger partial charge is 0.335 e. The molecule has 0 aliphatic rings. The summed E-state index contributed by atoms with van der Waals surface area (Å²) >= 11 is 0. The van der Waals surface area contributed by atoms with Gasteiger partial charge >= 0.3 is 5.97 Å². The summed E-state index contributed by atoms with van der Waals surface area (Å²) in [6, 6.07) is 6.58. The molecule has 0 atom stereocenters. The average molecular weight is 333 g/mol. The molecule has 1 aromatic heterocycles. The lowest BCUT2D eigenvalue weighted by atomic mass is 9.99. The van der Waals surface area contributed by atoms with Crippen LogP contribution in [0.15, 0.2) is 42.6 Å². The van der Waals surface area contributed by atoms with Gasteiger partial charge in [-0.3, -0.25) is 4.98 Å². The minimum absolute atomic E-state index is 0.0373. The number of carbonyl (C=O) groups excluding carboxylic acids is 1. The fraction of sp³-hybridized carbons (Fsp3) is 0. The quantitative estimate of drug-likeness (QED) is 0.774. The molecule has 0 aliphatic carbocycles. The number of carboxylic acids is 1. The van der Waals surface area contributed by atoms with Gasteiger partial charge in [0.15, 0.2) is 0 Å². The molecule has 0 fully saturated rings. The van der Waals surface area contributed by atoms with Gasteiger partial charge in [-0.1, -0.05) is 0 Å². The number of nitrogens with zero attached hydrogens (tertiary/aromatic N) is 1. The number of carbonyl (C=O) groups is 2. The van der Waals surface area contributed by atoms with Crippen molar-refractivity contribution >= 4 is 23.7 Å². The van der Waals surface area contributed by atoms with Gasteiger partial charge in [0.25, 0.3) is 0 Å². The Morgan fingerprint density at radius 2 is 1.62 bits per heavy atom. The minimum atomic E-state index is -1.17. The van der Waals surface area contributed by atoms with Crippen molar-refractivity contribution in [1.29, 1.82) is 0 Å². The molecule has 0 bridgehead atoms. The molecule has 1 N–H and O–H groups in total. The van der Waals surface area contributed by atoms with Crippen molar-refractivity contribution in [2.45, 2.75) is 0 Å². The molecule has 0 saturated heterocycles. The number of carboxylic acid groups (broad SMARTS) is 1. The zero-order valence-electron chi connectivity index (χ0n) is 12.1. The number of fused-ring (bicyclic) bond motifs is 1. The Morgan fingerprint density at radius 1 is 1.00 bits per heavy atom. The highest BCUT2D eigenvalue weighted by Crippen LogP contribution is 2.32. The Morgan fingerprint density at radius 3 is 2.21 bits per heavy atom. The topological polar surface area (TPSA) is 67.3 Å². The third kappa shape index (κ3) is 3.10. The number of rotatable bonds is 2. The lowest BCUT2D eigenvalue weighted by molar-refractivity contribution is -0.0980. The van der Waals surface area contributed by atoms with Crippen molar-refractivity contribution in [2.24, 2.45) is 0 Å². The highest BCUT2D eigenvalue weighted by molar-refractivity contribution is 5.99. The SMILES string of the molecule is C=O.O=C(O)c1ccc2nccc(-c3c(F)cc(F)cc3F)c2c1. The second kappa shape index (κ2) is 6.91. The maximum atomic E-state index is 14.0. The van der Waals surface area contributed by atoms with E-state index in [1.165, 1.54) is 30.5 Å². The predicted molar refractivity (Wildman–Crippen MR) is 81.1 cm³/mol. The summed E-state index contributed by atoms with van der Waals surface area (Å²) < 4.78 is 41.0. The van der Waals surface area contributed by atoms with E-state index in [-0.39, 0.29) is 16.5 Å². The van der Waals surface area contributed by atoms with Crippen LogP contribution in [0.2, 0.25) is 0 Å². The van der Waals surface area contributed by atoms with Gasteiger partial charge in [-0.25, -0.2) is 18.0 Å². The lowest BCUT2D eigenvalue weighted by Crippen LogP contribution is -1.98. The second-order valence-corrected chi connectivity index (χ2v) is 4.64. The Hall–Kier alpha value is -3.22. The van der Waals surface area contributed by atoms with Crippen LogP contribution < -0.4 is 0 Å². The number of hydrogen-bond acceptors (Lipinski definition) is 3. The molecular weight excluding hydrogens is 323 g/mol. The highest BCUT2D eigenvalue weighted by Gasteiger charge is 2.17. The molecule has 122 valence electrons. The number of hydrogen-bond donors (Lipinski definition) is 1. The van der Waals surface area contributed by atoms with Crippen molar-refractivity contribution in [3.8, 4) is 11.1 Å². The van der Waals surface area contributed by atoms with E-state index in [4.69, 9.17) is 9.90 Å². The van der Waals surface area contributed by atoms with Gasteiger partial charge in [0, 0.05) is 23.7 Å². The Kier molecular flexibility index (Phi) is 4.93. The van der Waals surface area contributed by atoms with E-state index in [9.17, 15) is 18.0 Å². The number of benzene rings is 2. The summed E-state index contributed by atoms with van der Waals surface area (Å²) in [5, 5.41) is 9.30. The third-order valence-corrected chi connectivity index (χ3v) is 3.26. The van der Waals surface area contributed by atoms with E-state index in [1.807, 2.05) is 6.79 Å². The van der Waals surface area contributed by atoms with Crippen LogP contribution in [0.25, 0.3) is 22.0 Å². The first-order valence-corrected chi connectivity index (χ1v) is 6.53. The maximum absolute atomic E-state index is 14.0. The van der Waals surface area contributed by atoms with Gasteiger partial charge in [-0.05, 0) is 29.8 Å². The van der Waals surface area contributed by atoms with Crippen LogP contribution in [0, 0.1) is 17.5 Å². The van der Waals surface area contributed by atoms with Gasteiger partial charge in [0.2, 0.25) is 0 Å².